The van der Waals surface area contributed by atoms with Crippen molar-refractivity contribution in [1.29, 1.82) is 0 Å². The van der Waals surface area contributed by atoms with Crippen LogP contribution >= 0.6 is 0 Å². The molecule has 1 aromatic carbocycles. The van der Waals surface area contributed by atoms with Gasteiger partial charge in [-0.2, -0.15) is 0 Å². The maximum Gasteiger partial charge on any atom is 0.264 e. The van der Waals surface area contributed by atoms with Gasteiger partial charge in [0.2, 0.25) is 11.6 Å². The molecule has 1 unspecified atom stereocenters. The Labute approximate surface area is 144 Å². The van der Waals surface area contributed by atoms with Crippen LogP contribution in [0.15, 0.2) is 47.7 Å². The number of amides is 2. The maximum atomic E-state index is 14.8. The molecule has 130 valence electrons. The van der Waals surface area contributed by atoms with E-state index >= 15 is 0 Å². The van der Waals surface area contributed by atoms with Crippen LogP contribution in [0.5, 0.6) is 0 Å². The van der Waals surface area contributed by atoms with Gasteiger partial charge in [-0.3, -0.25) is 9.59 Å². The number of alkyl halides is 1. The van der Waals surface area contributed by atoms with Gasteiger partial charge in [0.1, 0.15) is 0 Å². The maximum absolute atomic E-state index is 14.8. The molecule has 0 radical (unpaired) electrons. The highest BCUT2D eigenvalue weighted by molar-refractivity contribution is 5.99. The Morgan fingerprint density at radius 3 is 2.72 bits per heavy atom. The highest BCUT2D eigenvalue weighted by atomic mass is 19.1. The minimum atomic E-state index is -2.10. The number of aryl methyl sites for hydroxylation is 1. The predicted octanol–water partition coefficient (Wildman–Crippen LogP) is 2.72. The van der Waals surface area contributed by atoms with Gasteiger partial charge in [-0.1, -0.05) is 6.58 Å². The Balaban J connectivity index is 1.68. The summed E-state index contributed by atoms with van der Waals surface area (Å²) in [6.45, 7) is 5.13. The average molecular weight is 343 g/mol. The van der Waals surface area contributed by atoms with E-state index < -0.39 is 11.6 Å². The minimum absolute atomic E-state index is 0.0340. The third-order valence-corrected chi connectivity index (χ3v) is 4.26. The second kappa shape index (κ2) is 6.51. The van der Waals surface area contributed by atoms with Crippen molar-refractivity contribution in [2.45, 2.75) is 19.0 Å². The van der Waals surface area contributed by atoms with Gasteiger partial charge < -0.3 is 14.6 Å². The normalized spacial score (nSPS) is 19.7. The van der Waals surface area contributed by atoms with Crippen molar-refractivity contribution in [2.75, 3.05) is 18.4 Å². The zero-order chi connectivity index (χ0) is 18.0. The predicted molar refractivity (Wildman–Crippen MR) is 90.5 cm³/mol. The van der Waals surface area contributed by atoms with Crippen molar-refractivity contribution in [3.63, 3.8) is 0 Å². The molecule has 1 aliphatic heterocycles. The molecule has 1 saturated heterocycles. The van der Waals surface area contributed by atoms with Crippen molar-refractivity contribution in [2.24, 2.45) is 0 Å². The number of aromatic nitrogens is 1. The number of hydrogen-bond donors (Lipinski definition) is 1. The molecule has 0 aliphatic carbocycles. The number of carbonyl (C=O) groups excluding carboxylic acids is 2. The second-order valence-electron chi connectivity index (χ2n) is 5.98. The largest absolute Gasteiger partial charge is 0.443 e. The summed E-state index contributed by atoms with van der Waals surface area (Å²) in [5.74, 6) is -0.483. The van der Waals surface area contributed by atoms with Crippen LogP contribution in [0, 0.1) is 6.92 Å². The molecular formula is C18H18FN3O3. The second-order valence-corrected chi connectivity index (χ2v) is 5.98. The van der Waals surface area contributed by atoms with Gasteiger partial charge in [-0.25, -0.2) is 9.37 Å². The van der Waals surface area contributed by atoms with Gasteiger partial charge in [0.15, 0.2) is 12.2 Å². The van der Waals surface area contributed by atoms with Gasteiger partial charge in [0, 0.05) is 24.2 Å². The summed E-state index contributed by atoms with van der Waals surface area (Å²) in [5.41, 5.74) is -0.0563. The van der Waals surface area contributed by atoms with E-state index in [1.54, 1.807) is 24.3 Å². The van der Waals surface area contributed by atoms with Gasteiger partial charge in [-0.05, 0) is 37.3 Å². The number of carbonyl (C=O) groups is 2. The van der Waals surface area contributed by atoms with Gasteiger partial charge in [0.05, 0.1) is 12.2 Å². The van der Waals surface area contributed by atoms with E-state index in [1.807, 2.05) is 6.92 Å². The molecule has 0 saturated carbocycles. The summed E-state index contributed by atoms with van der Waals surface area (Å²) in [6.07, 6.45) is 2.45. The number of likely N-dealkylation sites (tertiary alicyclic amines) is 1. The molecule has 2 aromatic rings. The highest BCUT2D eigenvalue weighted by Crippen LogP contribution is 2.29. The lowest BCUT2D eigenvalue weighted by Gasteiger charge is -2.19. The number of anilines is 1. The Kier molecular flexibility index (Phi) is 4.39. The first-order valence-electron chi connectivity index (χ1n) is 7.85. The molecule has 1 N–H and O–H groups in total. The van der Waals surface area contributed by atoms with E-state index in [0.29, 0.717) is 11.4 Å². The molecule has 6 nitrogen and oxygen atoms in total. The molecule has 1 fully saturated rings. The fraction of sp³-hybridized carbons (Fsp3) is 0.278. The quantitative estimate of drug-likeness (QED) is 0.866. The number of hydrogen-bond acceptors (Lipinski definition) is 4. The SMILES string of the molecule is C=CC(=O)N1CCC(F)(C(=O)Nc2ccc(-c3ocnc3C)cc2)C1. The van der Waals surface area contributed by atoms with Crippen LogP contribution < -0.4 is 5.32 Å². The molecule has 1 aliphatic rings. The lowest BCUT2D eigenvalue weighted by molar-refractivity contribution is -0.129. The third kappa shape index (κ3) is 3.31. The molecule has 2 amide bonds. The monoisotopic (exact) mass is 343 g/mol. The number of rotatable bonds is 4. The Hall–Kier alpha value is -2.96. The summed E-state index contributed by atoms with van der Waals surface area (Å²) in [4.78, 5) is 29.1. The molecular weight excluding hydrogens is 325 g/mol. The van der Waals surface area contributed by atoms with Crippen molar-refractivity contribution in [1.82, 2.24) is 9.88 Å². The highest BCUT2D eigenvalue weighted by Gasteiger charge is 2.46. The third-order valence-electron chi connectivity index (χ3n) is 4.26. The zero-order valence-corrected chi connectivity index (χ0v) is 13.8. The molecule has 1 atom stereocenters. The first-order valence-corrected chi connectivity index (χ1v) is 7.85. The summed E-state index contributed by atoms with van der Waals surface area (Å²) < 4.78 is 20.1. The molecule has 0 spiro atoms. The minimum Gasteiger partial charge on any atom is -0.443 e. The van der Waals surface area contributed by atoms with Crippen LogP contribution in [-0.2, 0) is 9.59 Å². The van der Waals surface area contributed by atoms with Crippen LogP contribution in [0.25, 0.3) is 11.3 Å². The molecule has 2 heterocycles. The summed E-state index contributed by atoms with van der Waals surface area (Å²) in [6, 6.07) is 6.85. The molecule has 7 heteroatoms. The zero-order valence-electron chi connectivity index (χ0n) is 13.8. The smallest absolute Gasteiger partial charge is 0.264 e. The first kappa shape index (κ1) is 16.9. The van der Waals surface area contributed by atoms with E-state index in [9.17, 15) is 14.0 Å². The fourth-order valence-electron chi connectivity index (χ4n) is 2.80. The van der Waals surface area contributed by atoms with Crippen LogP contribution in [0.3, 0.4) is 0 Å². The van der Waals surface area contributed by atoms with E-state index in [1.165, 1.54) is 11.3 Å². The summed E-state index contributed by atoms with van der Waals surface area (Å²) >= 11 is 0. The Bertz CT molecular complexity index is 815. The van der Waals surface area contributed by atoms with Crippen molar-refractivity contribution < 1.29 is 18.4 Å². The Morgan fingerprint density at radius 1 is 1.40 bits per heavy atom. The van der Waals surface area contributed by atoms with Crippen molar-refractivity contribution in [3.05, 3.63) is 49.0 Å². The number of benzene rings is 1. The standard InChI is InChI=1S/C18H18FN3O3/c1-3-15(23)22-9-8-18(19,10-22)17(24)21-14-6-4-13(5-7-14)16-12(2)20-11-25-16/h3-7,11H,1,8-10H2,2H3,(H,21,24). The molecule has 3 rings (SSSR count). The van der Waals surface area contributed by atoms with Crippen LogP contribution in [-0.4, -0.2) is 40.5 Å². The fourth-order valence-corrected chi connectivity index (χ4v) is 2.80. The number of oxazole rings is 1. The number of nitrogens with zero attached hydrogens (tertiary/aromatic N) is 2. The van der Waals surface area contributed by atoms with E-state index in [2.05, 4.69) is 16.9 Å². The van der Waals surface area contributed by atoms with Gasteiger partial charge >= 0.3 is 0 Å². The van der Waals surface area contributed by atoms with Crippen molar-refractivity contribution in [3.8, 4) is 11.3 Å². The lowest BCUT2D eigenvalue weighted by atomic mass is 10.0. The topological polar surface area (TPSA) is 75.4 Å². The van der Waals surface area contributed by atoms with Crippen molar-refractivity contribution >= 4 is 17.5 Å². The number of nitrogens with one attached hydrogen (secondary N) is 1. The molecule has 25 heavy (non-hydrogen) atoms. The summed E-state index contributed by atoms with van der Waals surface area (Å²) in [5, 5.41) is 2.57. The molecule has 1 aromatic heterocycles. The van der Waals surface area contributed by atoms with E-state index in [-0.39, 0.29) is 25.4 Å². The molecule has 0 bridgehead atoms. The van der Waals surface area contributed by atoms with E-state index in [0.717, 1.165) is 17.3 Å². The van der Waals surface area contributed by atoms with Crippen LogP contribution in [0.4, 0.5) is 10.1 Å². The van der Waals surface area contributed by atoms with Crippen LogP contribution in [0.2, 0.25) is 0 Å². The Morgan fingerprint density at radius 2 is 2.12 bits per heavy atom. The number of halogens is 1. The first-order chi connectivity index (χ1) is 11.9. The van der Waals surface area contributed by atoms with Crippen LogP contribution in [0.1, 0.15) is 12.1 Å². The lowest BCUT2D eigenvalue weighted by Crippen LogP contribution is -2.42. The van der Waals surface area contributed by atoms with Gasteiger partial charge in [0.25, 0.3) is 5.91 Å². The average Bonchev–Trinajstić information content (AvgIpc) is 3.22. The summed E-state index contributed by atoms with van der Waals surface area (Å²) in [7, 11) is 0. The van der Waals surface area contributed by atoms with Gasteiger partial charge in [-0.15, -0.1) is 0 Å². The van der Waals surface area contributed by atoms with E-state index in [4.69, 9.17) is 4.42 Å².